The van der Waals surface area contributed by atoms with Crippen LogP contribution in [0.4, 0.5) is 0 Å². The molecule has 8 heteroatoms. The number of hydrogen-bond donors (Lipinski definition) is 0. The molecule has 1 aliphatic heterocycles. The Kier molecular flexibility index (Phi) is 8.79. The first-order valence-electron chi connectivity index (χ1n) is 11.6. The van der Waals surface area contributed by atoms with Crippen LogP contribution in [0.2, 0.25) is 5.02 Å². The summed E-state index contributed by atoms with van der Waals surface area (Å²) in [5, 5.41) is 2.70. The topological polar surface area (TPSA) is 59.1 Å². The minimum atomic E-state index is -0.221. The Labute approximate surface area is 215 Å². The predicted molar refractivity (Wildman–Crippen MR) is 138 cm³/mol. The zero-order valence-electron chi connectivity index (χ0n) is 19.7. The quantitative estimate of drug-likeness (QED) is 0.397. The first-order valence-corrected chi connectivity index (χ1v) is 12.9. The molecular weight excluding hydrogens is 484 g/mol. The number of carbonyl (C=O) groups is 2. The lowest BCUT2D eigenvalue weighted by Gasteiger charge is -2.37. The maximum atomic E-state index is 13.5. The fraction of sp³-hybridized carbons (Fsp3) is 0.333. The van der Waals surface area contributed by atoms with Gasteiger partial charge >= 0.3 is 0 Å². The van der Waals surface area contributed by atoms with Gasteiger partial charge in [-0.25, -0.2) is 0 Å². The van der Waals surface area contributed by atoms with Crippen LogP contribution in [0.15, 0.2) is 66.0 Å². The van der Waals surface area contributed by atoms with Gasteiger partial charge in [0, 0.05) is 30.1 Å². The highest BCUT2D eigenvalue weighted by atomic mass is 35.5. The lowest BCUT2D eigenvalue weighted by Crippen LogP contribution is -2.48. The number of methoxy groups -OCH3 is 1. The van der Waals surface area contributed by atoms with Gasteiger partial charge in [0.05, 0.1) is 25.6 Å². The minimum absolute atomic E-state index is 0.00590. The molecule has 1 aliphatic rings. The Morgan fingerprint density at radius 3 is 2.63 bits per heavy atom. The van der Waals surface area contributed by atoms with E-state index in [-0.39, 0.29) is 30.8 Å². The van der Waals surface area contributed by atoms with Crippen LogP contribution in [0, 0.1) is 0 Å². The zero-order valence-corrected chi connectivity index (χ0v) is 21.3. The van der Waals surface area contributed by atoms with Crippen LogP contribution in [0.5, 0.6) is 5.75 Å². The van der Waals surface area contributed by atoms with E-state index in [4.69, 9.17) is 21.1 Å². The van der Waals surface area contributed by atoms with Gasteiger partial charge in [-0.05, 0) is 53.3 Å². The molecule has 35 heavy (non-hydrogen) atoms. The van der Waals surface area contributed by atoms with Crippen molar-refractivity contribution < 1.29 is 19.1 Å². The second-order valence-corrected chi connectivity index (χ2v) is 9.82. The number of benzene rings is 2. The van der Waals surface area contributed by atoms with Gasteiger partial charge in [0.1, 0.15) is 12.4 Å². The fourth-order valence-electron chi connectivity index (χ4n) is 4.21. The molecule has 0 fully saturated rings. The Morgan fingerprint density at radius 2 is 1.89 bits per heavy atom. The van der Waals surface area contributed by atoms with Crippen molar-refractivity contribution in [3.8, 4) is 5.75 Å². The van der Waals surface area contributed by atoms with Gasteiger partial charge in [0.2, 0.25) is 11.8 Å². The van der Waals surface area contributed by atoms with Gasteiger partial charge in [-0.1, -0.05) is 41.9 Å². The summed E-state index contributed by atoms with van der Waals surface area (Å²) in [6.07, 6.45) is 1.04. The van der Waals surface area contributed by atoms with Gasteiger partial charge in [-0.2, -0.15) is 0 Å². The van der Waals surface area contributed by atoms with Crippen molar-refractivity contribution in [3.63, 3.8) is 0 Å². The van der Waals surface area contributed by atoms with Gasteiger partial charge in [0.15, 0.2) is 0 Å². The van der Waals surface area contributed by atoms with E-state index >= 15 is 0 Å². The maximum Gasteiger partial charge on any atom is 0.242 e. The second-order valence-electron chi connectivity index (χ2n) is 8.39. The van der Waals surface area contributed by atoms with E-state index < -0.39 is 0 Å². The van der Waals surface area contributed by atoms with Crippen LogP contribution in [0.1, 0.15) is 22.0 Å². The summed E-state index contributed by atoms with van der Waals surface area (Å²) in [5.74, 6) is 0.511. The van der Waals surface area contributed by atoms with Crippen molar-refractivity contribution >= 4 is 34.8 Å². The largest absolute Gasteiger partial charge is 0.491 e. The van der Waals surface area contributed by atoms with E-state index in [2.05, 4.69) is 11.4 Å². The highest BCUT2D eigenvalue weighted by molar-refractivity contribution is 7.10. The molecule has 3 aromatic rings. The van der Waals surface area contributed by atoms with Gasteiger partial charge in [-0.3, -0.25) is 9.59 Å². The molecule has 0 bridgehead atoms. The van der Waals surface area contributed by atoms with Crippen LogP contribution < -0.4 is 4.74 Å². The minimum Gasteiger partial charge on any atom is -0.491 e. The van der Waals surface area contributed by atoms with E-state index in [0.717, 1.165) is 17.5 Å². The van der Waals surface area contributed by atoms with Gasteiger partial charge in [-0.15, -0.1) is 11.3 Å². The third kappa shape index (κ3) is 6.63. The van der Waals surface area contributed by atoms with E-state index in [1.807, 2.05) is 47.4 Å². The lowest BCUT2D eigenvalue weighted by molar-refractivity contribution is -0.142. The number of fused-ring (bicyclic) bond motifs is 1. The molecule has 1 atom stereocenters. The number of ether oxygens (including phenoxy) is 2. The van der Waals surface area contributed by atoms with Crippen LogP contribution in [-0.2, 0) is 27.2 Å². The molecule has 0 unspecified atom stereocenters. The first kappa shape index (κ1) is 25.2. The fourth-order valence-corrected chi connectivity index (χ4v) is 5.26. The first-order chi connectivity index (χ1) is 17.0. The molecule has 0 radical (unpaired) electrons. The Morgan fingerprint density at radius 1 is 1.11 bits per heavy atom. The zero-order chi connectivity index (χ0) is 24.6. The number of nitrogens with zero attached hydrogens (tertiary/aromatic N) is 2. The Hall–Kier alpha value is -2.87. The van der Waals surface area contributed by atoms with Crippen molar-refractivity contribution in [2.75, 3.05) is 40.0 Å². The van der Waals surface area contributed by atoms with Crippen molar-refractivity contribution in [3.05, 3.63) is 87.1 Å². The number of rotatable bonds is 10. The molecule has 0 saturated carbocycles. The summed E-state index contributed by atoms with van der Waals surface area (Å²) in [7, 11) is 1.59. The van der Waals surface area contributed by atoms with Crippen molar-refractivity contribution in [1.82, 2.24) is 9.80 Å². The summed E-state index contributed by atoms with van der Waals surface area (Å²) in [6, 6.07) is 18.6. The molecule has 2 aromatic carbocycles. The van der Waals surface area contributed by atoms with E-state index in [9.17, 15) is 9.59 Å². The van der Waals surface area contributed by atoms with Crippen LogP contribution in [0.3, 0.4) is 0 Å². The van der Waals surface area contributed by atoms with Crippen molar-refractivity contribution in [2.24, 2.45) is 0 Å². The number of halogens is 1. The molecule has 6 nitrogen and oxygen atoms in total. The average molecular weight is 513 g/mol. The second kappa shape index (κ2) is 12.2. The van der Waals surface area contributed by atoms with E-state index in [1.165, 1.54) is 4.88 Å². The number of hydrogen-bond acceptors (Lipinski definition) is 5. The molecule has 0 N–H and O–H groups in total. The monoisotopic (exact) mass is 512 g/mol. The number of carbonyl (C=O) groups excluding carboxylic acids is 2. The third-order valence-electron chi connectivity index (χ3n) is 6.08. The summed E-state index contributed by atoms with van der Waals surface area (Å²) in [6.45, 7) is 1.65. The maximum absolute atomic E-state index is 13.5. The molecule has 4 rings (SSSR count). The van der Waals surface area contributed by atoms with Gasteiger partial charge in [0.25, 0.3) is 0 Å². The van der Waals surface area contributed by atoms with Crippen molar-refractivity contribution in [1.29, 1.82) is 0 Å². The smallest absolute Gasteiger partial charge is 0.242 e. The number of thiophene rings is 1. The summed E-state index contributed by atoms with van der Waals surface area (Å²) in [5.41, 5.74) is 2.03. The van der Waals surface area contributed by atoms with Crippen LogP contribution >= 0.6 is 22.9 Å². The molecule has 2 amide bonds. The molecule has 2 heterocycles. The molecule has 0 spiro atoms. The SMILES string of the molecule is COCCN(CC(=O)N1CCc2sccc2[C@@H]1COc1ccc(Cl)cc1)C(=O)Cc1ccccc1. The molecule has 1 aromatic heterocycles. The predicted octanol–water partition coefficient (Wildman–Crippen LogP) is 4.62. The average Bonchev–Trinajstić information content (AvgIpc) is 3.35. The summed E-state index contributed by atoms with van der Waals surface area (Å²) < 4.78 is 11.3. The highest BCUT2D eigenvalue weighted by Gasteiger charge is 2.33. The Balaban J connectivity index is 1.48. The van der Waals surface area contributed by atoms with E-state index in [0.29, 0.717) is 37.1 Å². The standard InChI is InChI=1S/C27H29ClN2O4S/c1-33-15-14-29(26(31)17-20-5-3-2-4-6-20)18-27(32)30-13-11-25-23(12-16-35-25)24(30)19-34-22-9-7-21(28)8-10-22/h2-10,12,16,24H,11,13-15,17-19H2,1H3/t24-/m0/s1. The summed E-state index contributed by atoms with van der Waals surface area (Å²) >= 11 is 7.70. The molecule has 184 valence electrons. The summed E-state index contributed by atoms with van der Waals surface area (Å²) in [4.78, 5) is 31.3. The van der Waals surface area contributed by atoms with Crippen molar-refractivity contribution in [2.45, 2.75) is 18.9 Å². The van der Waals surface area contributed by atoms with Gasteiger partial charge < -0.3 is 19.3 Å². The third-order valence-corrected chi connectivity index (χ3v) is 7.33. The number of amides is 2. The normalized spacial score (nSPS) is 14.9. The Bertz CT molecular complexity index is 1120. The molecule has 0 saturated heterocycles. The molecular formula is C27H29ClN2O4S. The van der Waals surface area contributed by atoms with Crippen LogP contribution in [0.25, 0.3) is 0 Å². The lowest BCUT2D eigenvalue weighted by atomic mass is 10.0. The van der Waals surface area contributed by atoms with E-state index in [1.54, 1.807) is 35.5 Å². The van der Waals surface area contributed by atoms with Crippen LogP contribution in [-0.4, -0.2) is 61.6 Å². The molecule has 0 aliphatic carbocycles. The highest BCUT2D eigenvalue weighted by Crippen LogP contribution is 2.34.